The molecule has 1 atom stereocenters. The Hall–Kier alpha value is 0.0700. The van der Waals surface area contributed by atoms with Crippen LogP contribution in [0.3, 0.4) is 0 Å². The molecule has 11 heavy (non-hydrogen) atoms. The van der Waals surface area contributed by atoms with Gasteiger partial charge in [-0.05, 0) is 28.1 Å². The van der Waals surface area contributed by atoms with Crippen molar-refractivity contribution >= 4 is 27.7 Å². The third kappa shape index (κ3) is 1.63. The number of thioether (sulfide) groups is 1. The average Bonchev–Trinajstić information content (AvgIpc) is 2.55. The summed E-state index contributed by atoms with van der Waals surface area (Å²) in [4.78, 5) is 0. The zero-order valence-electron chi connectivity index (χ0n) is 5.84. The monoisotopic (exact) mass is 233 g/mol. The van der Waals surface area contributed by atoms with Gasteiger partial charge in [0.2, 0.25) is 0 Å². The van der Waals surface area contributed by atoms with Crippen LogP contribution in [0.5, 0.6) is 0 Å². The first kappa shape index (κ1) is 7.71. The van der Waals surface area contributed by atoms with Crippen molar-refractivity contribution in [2.45, 2.75) is 5.37 Å². The Bertz CT molecular complexity index is 244. The maximum Gasteiger partial charge on any atom is 0.169 e. The van der Waals surface area contributed by atoms with E-state index < -0.39 is 0 Å². The quantitative estimate of drug-likeness (QED) is 0.807. The fraction of sp³-hybridized carbons (Fsp3) is 0.429. The lowest BCUT2D eigenvalue weighted by Crippen LogP contribution is -2.11. The summed E-state index contributed by atoms with van der Waals surface area (Å²) in [6.45, 7) is 1.08. The summed E-state index contributed by atoms with van der Waals surface area (Å²) in [6, 6.07) is 3.93. The van der Waals surface area contributed by atoms with E-state index in [1.807, 2.05) is 23.9 Å². The Kier molecular flexibility index (Phi) is 2.25. The number of hydrogen-bond acceptors (Lipinski definition) is 3. The van der Waals surface area contributed by atoms with Gasteiger partial charge in [0.1, 0.15) is 11.1 Å². The lowest BCUT2D eigenvalue weighted by molar-refractivity contribution is 0.470. The summed E-state index contributed by atoms with van der Waals surface area (Å²) in [5, 5.41) is 3.70. The van der Waals surface area contributed by atoms with E-state index in [0.29, 0.717) is 5.37 Å². The predicted molar refractivity (Wildman–Crippen MR) is 49.6 cm³/mol. The van der Waals surface area contributed by atoms with Crippen molar-refractivity contribution < 1.29 is 4.42 Å². The molecule has 1 aromatic heterocycles. The highest BCUT2D eigenvalue weighted by atomic mass is 79.9. The molecule has 0 amide bonds. The van der Waals surface area contributed by atoms with Gasteiger partial charge in [-0.3, -0.25) is 5.32 Å². The first-order valence-electron chi connectivity index (χ1n) is 3.46. The Balaban J connectivity index is 2.15. The van der Waals surface area contributed by atoms with E-state index in [1.54, 1.807) is 0 Å². The second kappa shape index (κ2) is 3.21. The van der Waals surface area contributed by atoms with E-state index in [9.17, 15) is 0 Å². The van der Waals surface area contributed by atoms with E-state index in [4.69, 9.17) is 4.42 Å². The Morgan fingerprint density at radius 3 is 3.09 bits per heavy atom. The van der Waals surface area contributed by atoms with Crippen LogP contribution in [0, 0.1) is 0 Å². The smallest absolute Gasteiger partial charge is 0.169 e. The van der Waals surface area contributed by atoms with Crippen LogP contribution in [0.1, 0.15) is 11.1 Å². The van der Waals surface area contributed by atoms with Crippen LogP contribution in [0.4, 0.5) is 0 Å². The van der Waals surface area contributed by atoms with Gasteiger partial charge in [-0.2, -0.15) is 0 Å². The van der Waals surface area contributed by atoms with Crippen molar-refractivity contribution in [3.63, 3.8) is 0 Å². The van der Waals surface area contributed by atoms with Gasteiger partial charge >= 0.3 is 0 Å². The van der Waals surface area contributed by atoms with Gasteiger partial charge in [-0.15, -0.1) is 11.8 Å². The summed E-state index contributed by atoms with van der Waals surface area (Å²) >= 11 is 5.16. The summed E-state index contributed by atoms with van der Waals surface area (Å²) in [5.74, 6) is 2.18. The lowest BCUT2D eigenvalue weighted by Gasteiger charge is -2.03. The molecule has 1 aliphatic rings. The molecule has 0 radical (unpaired) electrons. The van der Waals surface area contributed by atoms with E-state index >= 15 is 0 Å². The van der Waals surface area contributed by atoms with E-state index in [1.165, 1.54) is 5.75 Å². The SMILES string of the molecule is Brc1ccc([C@H]2NCCS2)o1. The first-order valence-corrected chi connectivity index (χ1v) is 5.30. The highest BCUT2D eigenvalue weighted by Gasteiger charge is 2.19. The number of halogens is 1. The Morgan fingerprint density at radius 2 is 2.55 bits per heavy atom. The molecule has 4 heteroatoms. The Labute approximate surface area is 77.9 Å². The molecule has 1 aromatic rings. The number of hydrogen-bond donors (Lipinski definition) is 1. The van der Waals surface area contributed by atoms with E-state index in [-0.39, 0.29) is 0 Å². The molecule has 2 heterocycles. The van der Waals surface area contributed by atoms with Gasteiger partial charge in [-0.25, -0.2) is 0 Å². The second-order valence-electron chi connectivity index (χ2n) is 2.35. The minimum atomic E-state index is 0.362. The molecule has 0 aliphatic carbocycles. The third-order valence-electron chi connectivity index (χ3n) is 1.57. The Morgan fingerprint density at radius 1 is 1.64 bits per heavy atom. The summed E-state index contributed by atoms with van der Waals surface area (Å²) < 4.78 is 6.21. The molecule has 0 saturated carbocycles. The highest BCUT2D eigenvalue weighted by molar-refractivity contribution is 9.10. The zero-order chi connectivity index (χ0) is 7.68. The van der Waals surface area contributed by atoms with Crippen molar-refractivity contribution in [1.82, 2.24) is 5.32 Å². The fourth-order valence-electron chi connectivity index (χ4n) is 1.08. The molecule has 1 saturated heterocycles. The molecule has 1 aliphatic heterocycles. The maximum absolute atomic E-state index is 5.40. The van der Waals surface area contributed by atoms with Crippen LogP contribution in [0.25, 0.3) is 0 Å². The van der Waals surface area contributed by atoms with Crippen molar-refractivity contribution in [3.8, 4) is 0 Å². The van der Waals surface area contributed by atoms with Crippen molar-refractivity contribution in [1.29, 1.82) is 0 Å². The van der Waals surface area contributed by atoms with Gasteiger partial charge in [0.25, 0.3) is 0 Å². The largest absolute Gasteiger partial charge is 0.452 e. The molecular weight excluding hydrogens is 226 g/mol. The van der Waals surface area contributed by atoms with Crippen LogP contribution in [0.2, 0.25) is 0 Å². The topological polar surface area (TPSA) is 25.2 Å². The van der Waals surface area contributed by atoms with Crippen LogP contribution < -0.4 is 5.32 Å². The normalized spacial score (nSPS) is 24.3. The van der Waals surface area contributed by atoms with Crippen LogP contribution in [-0.4, -0.2) is 12.3 Å². The number of furan rings is 1. The summed E-state index contributed by atoms with van der Waals surface area (Å²) in [5.41, 5.74) is 0. The van der Waals surface area contributed by atoms with E-state index in [0.717, 1.165) is 17.0 Å². The summed E-state index contributed by atoms with van der Waals surface area (Å²) in [6.07, 6.45) is 0. The van der Waals surface area contributed by atoms with Crippen molar-refractivity contribution in [3.05, 3.63) is 22.6 Å². The fourth-order valence-corrected chi connectivity index (χ4v) is 2.39. The standard InChI is InChI=1S/C7H8BrNOS/c8-6-2-1-5(10-6)7-9-3-4-11-7/h1-2,7,9H,3-4H2/t7-/m0/s1. The molecule has 0 unspecified atom stereocenters. The van der Waals surface area contributed by atoms with Gasteiger partial charge < -0.3 is 4.42 Å². The molecule has 0 bridgehead atoms. The third-order valence-corrected chi connectivity index (χ3v) is 3.17. The molecule has 1 fully saturated rings. The molecule has 0 spiro atoms. The van der Waals surface area contributed by atoms with Gasteiger partial charge in [0.15, 0.2) is 4.67 Å². The van der Waals surface area contributed by atoms with Crippen LogP contribution in [-0.2, 0) is 0 Å². The van der Waals surface area contributed by atoms with E-state index in [2.05, 4.69) is 21.2 Å². The molecule has 2 nitrogen and oxygen atoms in total. The van der Waals surface area contributed by atoms with Crippen LogP contribution in [0.15, 0.2) is 21.2 Å². The minimum absolute atomic E-state index is 0.362. The molecule has 2 rings (SSSR count). The molecular formula is C7H8BrNOS. The van der Waals surface area contributed by atoms with Crippen molar-refractivity contribution in [2.24, 2.45) is 0 Å². The zero-order valence-corrected chi connectivity index (χ0v) is 8.24. The maximum atomic E-state index is 5.40. The molecule has 0 aromatic carbocycles. The van der Waals surface area contributed by atoms with Gasteiger partial charge in [0, 0.05) is 12.3 Å². The average molecular weight is 234 g/mol. The predicted octanol–water partition coefficient (Wildman–Crippen LogP) is 2.38. The number of nitrogens with one attached hydrogen (secondary N) is 1. The van der Waals surface area contributed by atoms with Gasteiger partial charge in [0.05, 0.1) is 0 Å². The lowest BCUT2D eigenvalue weighted by atomic mass is 10.4. The summed E-state index contributed by atoms with van der Waals surface area (Å²) in [7, 11) is 0. The van der Waals surface area contributed by atoms with Crippen molar-refractivity contribution in [2.75, 3.05) is 12.3 Å². The van der Waals surface area contributed by atoms with Gasteiger partial charge in [-0.1, -0.05) is 0 Å². The molecule has 60 valence electrons. The highest BCUT2D eigenvalue weighted by Crippen LogP contribution is 2.31. The minimum Gasteiger partial charge on any atom is -0.452 e. The first-order chi connectivity index (χ1) is 5.36. The number of rotatable bonds is 1. The van der Waals surface area contributed by atoms with Crippen LogP contribution >= 0.6 is 27.7 Å². The molecule has 1 N–H and O–H groups in total. The second-order valence-corrected chi connectivity index (χ2v) is 4.34.